The van der Waals surface area contributed by atoms with Gasteiger partial charge in [0.2, 0.25) is 0 Å². The van der Waals surface area contributed by atoms with Gasteiger partial charge in [-0.2, -0.15) is 0 Å². The zero-order valence-corrected chi connectivity index (χ0v) is 18.9. The van der Waals surface area contributed by atoms with Gasteiger partial charge < -0.3 is 28.9 Å². The zero-order valence-electron chi connectivity index (χ0n) is 17.1. The van der Waals surface area contributed by atoms with Gasteiger partial charge in [-0.15, -0.1) is 0 Å². The topological polar surface area (TPSA) is 187 Å². The number of aromatic amines is 1. The third-order valence-electron chi connectivity index (χ3n) is 4.40. The van der Waals surface area contributed by atoms with E-state index in [-0.39, 0.29) is 24.9 Å². The van der Waals surface area contributed by atoms with E-state index in [2.05, 4.69) is 4.98 Å². The molecule has 2 rings (SSSR count). The highest BCUT2D eigenvalue weighted by atomic mass is 31.2. The molecule has 0 saturated carbocycles. The van der Waals surface area contributed by atoms with Crippen molar-refractivity contribution in [3.05, 3.63) is 44.5 Å². The van der Waals surface area contributed by atoms with E-state index in [4.69, 9.17) is 28.5 Å². The van der Waals surface area contributed by atoms with E-state index in [1.54, 1.807) is 0 Å². The summed E-state index contributed by atoms with van der Waals surface area (Å²) in [5.74, 6) is 0.567. The molecule has 15 heteroatoms. The second-order valence-corrected chi connectivity index (χ2v) is 10.3. The monoisotopic (exact) mass is 484 g/mol. The molecule has 1 aromatic rings. The average Bonchev–Trinajstić information content (AvgIpc) is 2.99. The van der Waals surface area contributed by atoms with E-state index in [1.165, 1.54) is 27.2 Å². The van der Waals surface area contributed by atoms with Crippen molar-refractivity contribution < 1.29 is 42.5 Å². The van der Waals surface area contributed by atoms with E-state index in [1.807, 2.05) is 0 Å². The quantitative estimate of drug-likeness (QED) is 0.260. The van der Waals surface area contributed by atoms with Crippen molar-refractivity contribution in [1.82, 2.24) is 9.55 Å². The molecule has 1 saturated heterocycles. The Morgan fingerprint density at radius 1 is 1.23 bits per heavy atom. The molecule has 176 valence electrons. The fraction of sp³-hybridized carbons (Fsp3) is 0.625. The second kappa shape index (κ2) is 10.5. The van der Waals surface area contributed by atoms with Gasteiger partial charge in [-0.05, 0) is 13.0 Å². The Hall–Kier alpha value is -1.40. The van der Waals surface area contributed by atoms with E-state index in [0.717, 1.165) is 10.6 Å². The first-order valence-electron chi connectivity index (χ1n) is 9.21. The summed E-state index contributed by atoms with van der Waals surface area (Å²) >= 11 is 0. The third kappa shape index (κ3) is 7.04. The smallest absolute Gasteiger partial charge is 0.348 e. The minimum absolute atomic E-state index is 0.00520. The Kier molecular flexibility index (Phi) is 8.74. The van der Waals surface area contributed by atoms with Gasteiger partial charge in [0, 0.05) is 30.8 Å². The van der Waals surface area contributed by atoms with Gasteiger partial charge in [0.25, 0.3) is 5.56 Å². The third-order valence-corrected chi connectivity index (χ3v) is 6.33. The standard InChI is InChI=1S/C16H26N2O11P2/c1-4-31(24,25)29-12-11(5-8-30(21,22)23)28-15(13(12)27-7-6-26-3)18-9-10(2)14(19)17-16(18)20/h5,8-9,11-13,15H,4,6-7H2,1-3H3,(H,24,25)(H,17,19,20)(H2,21,22,23)/b8-5+/t11-,12-,13-,15-/m1/s1. The zero-order chi connectivity index (χ0) is 23.4. The van der Waals surface area contributed by atoms with E-state index >= 15 is 0 Å². The lowest BCUT2D eigenvalue weighted by Crippen LogP contribution is -2.40. The SMILES string of the molecule is CCP(=O)(O)O[C@H]1[C@@H](OCCOC)[C@H](n2cc(C)c(=O)[nH]c2=O)O[C@@H]1/C=C/P(=O)(O)O. The Balaban J connectivity index is 2.54. The number of hydrogen-bond acceptors (Lipinski definition) is 8. The molecule has 4 N–H and O–H groups in total. The van der Waals surface area contributed by atoms with Crippen molar-refractivity contribution >= 4 is 15.2 Å². The van der Waals surface area contributed by atoms with Gasteiger partial charge in [0.15, 0.2) is 6.23 Å². The Morgan fingerprint density at radius 2 is 1.90 bits per heavy atom. The van der Waals surface area contributed by atoms with Crippen molar-refractivity contribution in [3.63, 3.8) is 0 Å². The van der Waals surface area contributed by atoms with E-state index < -0.39 is 51.0 Å². The van der Waals surface area contributed by atoms with Crippen LogP contribution in [0.4, 0.5) is 0 Å². The van der Waals surface area contributed by atoms with Crippen LogP contribution in [0.25, 0.3) is 0 Å². The van der Waals surface area contributed by atoms with Crippen LogP contribution in [0.3, 0.4) is 0 Å². The van der Waals surface area contributed by atoms with Crippen LogP contribution in [0.15, 0.2) is 27.7 Å². The van der Waals surface area contributed by atoms with Crippen LogP contribution in [0, 0.1) is 6.92 Å². The predicted octanol–water partition coefficient (Wildman–Crippen LogP) is 0.0559. The van der Waals surface area contributed by atoms with Crippen molar-refractivity contribution in [2.75, 3.05) is 26.5 Å². The molecular weight excluding hydrogens is 458 g/mol. The van der Waals surface area contributed by atoms with Crippen LogP contribution < -0.4 is 11.2 Å². The summed E-state index contributed by atoms with van der Waals surface area (Å²) in [6.07, 6.45) is -2.99. The van der Waals surface area contributed by atoms with Crippen molar-refractivity contribution in [2.45, 2.75) is 38.4 Å². The van der Waals surface area contributed by atoms with Gasteiger partial charge >= 0.3 is 20.9 Å². The summed E-state index contributed by atoms with van der Waals surface area (Å²) in [6, 6.07) is 0. The maximum Gasteiger partial charge on any atom is 0.348 e. The number of nitrogens with zero attached hydrogens (tertiary/aromatic N) is 1. The van der Waals surface area contributed by atoms with Crippen molar-refractivity contribution in [2.24, 2.45) is 0 Å². The fourth-order valence-corrected chi connectivity index (χ4v) is 4.01. The van der Waals surface area contributed by atoms with Crippen LogP contribution in [-0.2, 0) is 27.9 Å². The van der Waals surface area contributed by atoms with Crippen molar-refractivity contribution in [1.29, 1.82) is 0 Å². The lowest BCUT2D eigenvalue weighted by molar-refractivity contribution is -0.0763. The summed E-state index contributed by atoms with van der Waals surface area (Å²) in [6.45, 7) is 3.02. The molecule has 2 heterocycles. The summed E-state index contributed by atoms with van der Waals surface area (Å²) in [5.41, 5.74) is -1.25. The highest BCUT2D eigenvalue weighted by Crippen LogP contribution is 2.48. The fourth-order valence-electron chi connectivity index (χ4n) is 2.85. The normalized spacial score (nSPS) is 26.4. The maximum atomic E-state index is 12.4. The first-order chi connectivity index (χ1) is 14.4. The van der Waals surface area contributed by atoms with Crippen LogP contribution in [0.5, 0.6) is 0 Å². The van der Waals surface area contributed by atoms with Crippen LogP contribution in [-0.4, -0.2) is 69.0 Å². The maximum absolute atomic E-state index is 12.4. The molecule has 0 spiro atoms. The summed E-state index contributed by atoms with van der Waals surface area (Å²) < 4.78 is 46.3. The van der Waals surface area contributed by atoms with E-state index in [9.17, 15) is 23.6 Å². The molecule has 1 unspecified atom stereocenters. The minimum Gasteiger partial charge on any atom is -0.382 e. The molecule has 1 fully saturated rings. The molecule has 1 aliphatic rings. The molecule has 0 aromatic carbocycles. The van der Waals surface area contributed by atoms with Crippen molar-refractivity contribution in [3.8, 4) is 0 Å². The average molecular weight is 484 g/mol. The van der Waals surface area contributed by atoms with Crippen LogP contribution in [0.1, 0.15) is 18.7 Å². The van der Waals surface area contributed by atoms with E-state index in [0.29, 0.717) is 5.82 Å². The Labute approximate surface area is 177 Å². The number of rotatable bonds is 10. The van der Waals surface area contributed by atoms with Gasteiger partial charge in [-0.3, -0.25) is 28.0 Å². The number of ether oxygens (including phenoxy) is 3. The van der Waals surface area contributed by atoms with Crippen LogP contribution in [0.2, 0.25) is 0 Å². The first kappa shape index (κ1) is 25.9. The largest absolute Gasteiger partial charge is 0.382 e. The number of aromatic nitrogens is 2. The second-order valence-electron chi connectivity index (χ2n) is 6.75. The van der Waals surface area contributed by atoms with Gasteiger partial charge in [0.1, 0.15) is 18.3 Å². The molecule has 13 nitrogen and oxygen atoms in total. The van der Waals surface area contributed by atoms with Gasteiger partial charge in [0.05, 0.1) is 13.2 Å². The highest BCUT2D eigenvalue weighted by Gasteiger charge is 2.49. The molecular formula is C16H26N2O11P2. The number of aryl methyl sites for hydroxylation is 1. The van der Waals surface area contributed by atoms with Gasteiger partial charge in [-0.1, -0.05) is 6.92 Å². The molecule has 1 aromatic heterocycles. The number of methoxy groups -OCH3 is 1. The van der Waals surface area contributed by atoms with Crippen LogP contribution >= 0.6 is 15.2 Å². The lowest BCUT2D eigenvalue weighted by Gasteiger charge is -2.26. The summed E-state index contributed by atoms with van der Waals surface area (Å²) in [7, 11) is -7.27. The highest BCUT2D eigenvalue weighted by molar-refractivity contribution is 7.55. The number of H-pyrrole nitrogens is 1. The summed E-state index contributed by atoms with van der Waals surface area (Å²) in [4.78, 5) is 54.6. The molecule has 1 aliphatic heterocycles. The van der Waals surface area contributed by atoms with Gasteiger partial charge in [-0.25, -0.2) is 4.79 Å². The lowest BCUT2D eigenvalue weighted by atomic mass is 10.1. The first-order valence-corrected chi connectivity index (χ1v) is 12.7. The molecule has 5 atom stereocenters. The molecule has 0 bridgehead atoms. The Morgan fingerprint density at radius 3 is 2.48 bits per heavy atom. The molecule has 0 amide bonds. The number of nitrogens with one attached hydrogen (secondary N) is 1. The molecule has 0 radical (unpaired) electrons. The number of hydrogen-bond donors (Lipinski definition) is 4. The minimum atomic E-state index is -4.59. The summed E-state index contributed by atoms with van der Waals surface area (Å²) in [5, 5.41) is 0. The predicted molar refractivity (Wildman–Crippen MR) is 108 cm³/mol. The Bertz CT molecular complexity index is 998. The molecule has 31 heavy (non-hydrogen) atoms. The molecule has 0 aliphatic carbocycles.